The van der Waals surface area contributed by atoms with Crippen LogP contribution in [-0.2, 0) is 22.4 Å². The fourth-order valence-electron chi connectivity index (χ4n) is 2.18. The summed E-state index contributed by atoms with van der Waals surface area (Å²) in [5.74, 6) is -1.99. The molecule has 0 aromatic heterocycles. The average molecular weight is 498 g/mol. The quantitative estimate of drug-likeness (QED) is 0.338. The van der Waals surface area contributed by atoms with Gasteiger partial charge in [-0.15, -0.1) is 0 Å². The third-order valence-electron chi connectivity index (χ3n) is 3.82. The number of carbonyl (C=O) groups is 3. The zero-order chi connectivity index (χ0) is 21.3. The number of halogens is 1. The molecule has 0 aliphatic carbocycles. The fraction of sp³-hybridized carbons (Fsp3) is 0.250. The molecular formula is C20H23IN2O5. The Morgan fingerprint density at radius 3 is 1.50 bits per heavy atom. The Labute approximate surface area is 176 Å². The van der Waals surface area contributed by atoms with Crippen LogP contribution >= 0.6 is 22.6 Å². The summed E-state index contributed by atoms with van der Waals surface area (Å²) >= 11 is 2.20. The van der Waals surface area contributed by atoms with Gasteiger partial charge in [0.05, 0.1) is 0 Å². The molecule has 0 bridgehead atoms. The predicted octanol–water partition coefficient (Wildman–Crippen LogP) is 2.09. The highest BCUT2D eigenvalue weighted by molar-refractivity contribution is 14.1. The molecule has 150 valence electrons. The van der Waals surface area contributed by atoms with Crippen molar-refractivity contribution in [2.24, 2.45) is 11.5 Å². The van der Waals surface area contributed by atoms with E-state index in [0.29, 0.717) is 12.0 Å². The molecule has 8 heteroatoms. The van der Waals surface area contributed by atoms with Gasteiger partial charge in [0, 0.05) is 9.13 Å². The van der Waals surface area contributed by atoms with E-state index in [1.807, 2.05) is 24.3 Å². The second-order valence-corrected chi connectivity index (χ2v) is 7.42. The Hall–Kier alpha value is -2.30. The lowest BCUT2D eigenvalue weighted by molar-refractivity contribution is -0.139. The molecule has 0 aliphatic rings. The van der Waals surface area contributed by atoms with Crippen molar-refractivity contribution in [1.29, 1.82) is 0 Å². The van der Waals surface area contributed by atoms with Crippen molar-refractivity contribution in [3.63, 3.8) is 0 Å². The van der Waals surface area contributed by atoms with Crippen molar-refractivity contribution >= 4 is 40.3 Å². The van der Waals surface area contributed by atoms with E-state index in [9.17, 15) is 14.4 Å². The molecule has 2 aromatic carbocycles. The zero-order valence-electron chi connectivity index (χ0n) is 15.3. The van der Waals surface area contributed by atoms with Crippen molar-refractivity contribution < 1.29 is 24.6 Å². The minimum atomic E-state index is -1.02. The number of rotatable bonds is 7. The van der Waals surface area contributed by atoms with E-state index in [1.54, 1.807) is 24.3 Å². The average Bonchev–Trinajstić information content (AvgIpc) is 2.64. The van der Waals surface area contributed by atoms with Gasteiger partial charge in [0.25, 0.3) is 0 Å². The van der Waals surface area contributed by atoms with E-state index in [4.69, 9.17) is 21.7 Å². The minimum Gasteiger partial charge on any atom is -0.480 e. The van der Waals surface area contributed by atoms with Gasteiger partial charge in [0.1, 0.15) is 12.1 Å². The molecule has 2 atom stereocenters. The Bertz CT molecular complexity index is 806. The summed E-state index contributed by atoms with van der Waals surface area (Å²) in [5.41, 5.74) is 13.1. The number of aliphatic carboxylic acids is 2. The summed E-state index contributed by atoms with van der Waals surface area (Å²) in [4.78, 5) is 31.9. The maximum atomic E-state index is 11.0. The number of carboxylic acids is 2. The molecule has 0 amide bonds. The molecule has 0 radical (unpaired) electrons. The molecule has 0 saturated heterocycles. The molecule has 2 rings (SSSR count). The summed E-state index contributed by atoms with van der Waals surface area (Å²) in [7, 11) is 0. The second-order valence-electron chi connectivity index (χ2n) is 6.18. The molecule has 0 fully saturated rings. The largest absolute Gasteiger partial charge is 0.480 e. The van der Waals surface area contributed by atoms with Crippen LogP contribution in [0.5, 0.6) is 0 Å². The van der Waals surface area contributed by atoms with Crippen molar-refractivity contribution in [2.75, 3.05) is 0 Å². The summed E-state index contributed by atoms with van der Waals surface area (Å²) in [5, 5.41) is 17.2. The molecule has 0 spiro atoms. The van der Waals surface area contributed by atoms with E-state index < -0.39 is 24.0 Å². The first-order valence-corrected chi connectivity index (χ1v) is 9.49. The highest BCUT2D eigenvalue weighted by atomic mass is 127. The summed E-state index contributed by atoms with van der Waals surface area (Å²) in [6.45, 7) is 1.48. The van der Waals surface area contributed by atoms with Crippen LogP contribution in [0.15, 0.2) is 48.5 Å². The standard InChI is InChI=1S/C11H13NO3.C9H10INO2/c1-7(13)9-4-2-8(3-5-9)6-10(12)11(14)15;10-7-3-1-6(2-4-7)5-8(11)9(12)13/h2-5,10H,6,12H2,1H3,(H,14,15);1-4,8H,5,11H2,(H,12,13)/t10-;8-/m00/s1. The van der Waals surface area contributed by atoms with Gasteiger partial charge in [0.15, 0.2) is 5.78 Å². The third-order valence-corrected chi connectivity index (χ3v) is 4.54. The first kappa shape index (κ1) is 23.7. The molecule has 0 saturated carbocycles. The number of hydrogen-bond donors (Lipinski definition) is 4. The number of benzene rings is 2. The van der Waals surface area contributed by atoms with Gasteiger partial charge in [-0.05, 0) is 65.6 Å². The van der Waals surface area contributed by atoms with E-state index in [-0.39, 0.29) is 12.2 Å². The molecule has 2 aromatic rings. The van der Waals surface area contributed by atoms with Gasteiger partial charge >= 0.3 is 11.9 Å². The Morgan fingerprint density at radius 2 is 1.18 bits per heavy atom. The number of hydrogen-bond acceptors (Lipinski definition) is 5. The lowest BCUT2D eigenvalue weighted by atomic mass is 10.0. The fourth-order valence-corrected chi connectivity index (χ4v) is 2.54. The minimum absolute atomic E-state index is 0.0101. The first-order chi connectivity index (χ1) is 13.1. The molecule has 28 heavy (non-hydrogen) atoms. The van der Waals surface area contributed by atoms with Crippen LogP contribution in [0.25, 0.3) is 0 Å². The van der Waals surface area contributed by atoms with Gasteiger partial charge in [-0.2, -0.15) is 0 Å². The maximum absolute atomic E-state index is 11.0. The monoisotopic (exact) mass is 498 g/mol. The van der Waals surface area contributed by atoms with Crippen LogP contribution < -0.4 is 11.5 Å². The van der Waals surface area contributed by atoms with Crippen molar-refractivity contribution in [3.8, 4) is 0 Å². The summed E-state index contributed by atoms with van der Waals surface area (Å²) in [6.07, 6.45) is 0.653. The number of carboxylic acid groups (broad SMARTS) is 2. The van der Waals surface area contributed by atoms with Crippen LogP contribution in [0, 0.1) is 3.57 Å². The smallest absolute Gasteiger partial charge is 0.320 e. The van der Waals surface area contributed by atoms with Crippen molar-refractivity contribution in [1.82, 2.24) is 0 Å². The second kappa shape index (κ2) is 11.5. The van der Waals surface area contributed by atoms with Crippen LogP contribution in [-0.4, -0.2) is 40.0 Å². The van der Waals surface area contributed by atoms with Gasteiger partial charge in [-0.25, -0.2) is 0 Å². The molecule has 6 N–H and O–H groups in total. The van der Waals surface area contributed by atoms with Crippen LogP contribution in [0.2, 0.25) is 0 Å². The van der Waals surface area contributed by atoms with Gasteiger partial charge < -0.3 is 21.7 Å². The van der Waals surface area contributed by atoms with Crippen LogP contribution in [0.4, 0.5) is 0 Å². The van der Waals surface area contributed by atoms with Crippen LogP contribution in [0.1, 0.15) is 28.4 Å². The number of Topliss-reactive ketones (excluding diaryl/α,β-unsaturated/α-hetero) is 1. The topological polar surface area (TPSA) is 144 Å². The summed E-state index contributed by atoms with van der Waals surface area (Å²) < 4.78 is 1.13. The molecule has 7 nitrogen and oxygen atoms in total. The SMILES string of the molecule is CC(=O)c1ccc(C[C@H](N)C(=O)O)cc1.N[C@@H](Cc1ccc(I)cc1)C(=O)O. The third kappa shape index (κ3) is 8.59. The highest BCUT2D eigenvalue weighted by Gasteiger charge is 2.12. The van der Waals surface area contributed by atoms with Crippen LogP contribution in [0.3, 0.4) is 0 Å². The van der Waals surface area contributed by atoms with Crippen molar-refractivity contribution in [3.05, 3.63) is 68.8 Å². The lowest BCUT2D eigenvalue weighted by Crippen LogP contribution is -2.32. The van der Waals surface area contributed by atoms with Gasteiger partial charge in [0.2, 0.25) is 0 Å². The van der Waals surface area contributed by atoms with E-state index >= 15 is 0 Å². The number of ketones is 1. The van der Waals surface area contributed by atoms with E-state index in [1.165, 1.54) is 6.92 Å². The highest BCUT2D eigenvalue weighted by Crippen LogP contribution is 2.08. The Balaban J connectivity index is 0.000000283. The lowest BCUT2D eigenvalue weighted by Gasteiger charge is -2.06. The van der Waals surface area contributed by atoms with E-state index in [0.717, 1.165) is 14.7 Å². The predicted molar refractivity (Wildman–Crippen MR) is 114 cm³/mol. The normalized spacial score (nSPS) is 12.3. The van der Waals surface area contributed by atoms with Crippen molar-refractivity contribution in [2.45, 2.75) is 31.8 Å². The van der Waals surface area contributed by atoms with Gasteiger partial charge in [-0.3, -0.25) is 14.4 Å². The maximum Gasteiger partial charge on any atom is 0.320 e. The zero-order valence-corrected chi connectivity index (χ0v) is 17.5. The molecular weight excluding hydrogens is 475 g/mol. The molecule has 0 heterocycles. The first-order valence-electron chi connectivity index (χ1n) is 8.41. The molecule has 0 aliphatic heterocycles. The Kier molecular flexibility index (Phi) is 9.77. The van der Waals surface area contributed by atoms with E-state index in [2.05, 4.69) is 22.6 Å². The molecule has 0 unspecified atom stereocenters. The summed E-state index contributed by atoms with van der Waals surface area (Å²) in [6, 6.07) is 12.7. The number of carbonyl (C=O) groups excluding carboxylic acids is 1. The Morgan fingerprint density at radius 1 is 0.821 bits per heavy atom. The number of nitrogens with two attached hydrogens (primary N) is 2. The van der Waals surface area contributed by atoms with Gasteiger partial charge in [-0.1, -0.05) is 36.4 Å².